The summed E-state index contributed by atoms with van der Waals surface area (Å²) in [6, 6.07) is 4.80. The second-order valence-electron chi connectivity index (χ2n) is 5.17. The predicted octanol–water partition coefficient (Wildman–Crippen LogP) is 2.69. The quantitative estimate of drug-likeness (QED) is 0.642. The van der Waals surface area contributed by atoms with E-state index in [9.17, 15) is 14.4 Å². The lowest BCUT2D eigenvalue weighted by Crippen LogP contribution is -2.29. The van der Waals surface area contributed by atoms with Crippen LogP contribution in [0, 0.1) is 0 Å². The summed E-state index contributed by atoms with van der Waals surface area (Å²) in [5, 5.41) is 0. The molecule has 2 aromatic rings. The van der Waals surface area contributed by atoms with Crippen molar-refractivity contribution in [1.29, 1.82) is 0 Å². The zero-order valence-corrected chi connectivity index (χ0v) is 13.4. The first-order valence-electron chi connectivity index (χ1n) is 7.11. The Bertz CT molecular complexity index is 899. The smallest absolute Gasteiger partial charge is 0.340 e. The van der Waals surface area contributed by atoms with Crippen molar-refractivity contribution in [3.63, 3.8) is 0 Å². The molecule has 6 nitrogen and oxygen atoms in total. The summed E-state index contributed by atoms with van der Waals surface area (Å²) in [5.41, 5.74) is 0.809. The Kier molecular flexibility index (Phi) is 4.36. The molecule has 2 rings (SSSR count). The Morgan fingerprint density at radius 2 is 1.83 bits per heavy atom. The Morgan fingerprint density at radius 3 is 2.35 bits per heavy atom. The number of benzene rings is 1. The molecule has 120 valence electrons. The van der Waals surface area contributed by atoms with Crippen molar-refractivity contribution in [2.75, 3.05) is 6.61 Å². The van der Waals surface area contributed by atoms with E-state index in [-0.39, 0.29) is 23.3 Å². The number of carbonyl (C=O) groups excluding carboxylic acids is 2. The number of fused-ring (bicyclic) bond motifs is 1. The number of imidazole rings is 1. The van der Waals surface area contributed by atoms with Crippen LogP contribution in [0.2, 0.25) is 0 Å². The lowest BCUT2D eigenvalue weighted by Gasteiger charge is -2.06. The second kappa shape index (κ2) is 6.08. The summed E-state index contributed by atoms with van der Waals surface area (Å²) in [5.74, 6) is -1.17. The number of para-hydroxylation sites is 1. The number of hydrogen-bond donors (Lipinski definition) is 0. The van der Waals surface area contributed by atoms with Gasteiger partial charge in [0.1, 0.15) is 0 Å². The molecule has 0 spiro atoms. The molecule has 0 aliphatic carbocycles. The van der Waals surface area contributed by atoms with Crippen molar-refractivity contribution >= 4 is 28.6 Å². The fraction of sp³-hybridized carbons (Fsp3) is 0.235. The summed E-state index contributed by atoms with van der Waals surface area (Å²) in [7, 11) is 0. The van der Waals surface area contributed by atoms with E-state index in [4.69, 9.17) is 4.74 Å². The van der Waals surface area contributed by atoms with Gasteiger partial charge in [-0.1, -0.05) is 19.2 Å². The highest BCUT2D eigenvalue weighted by Gasteiger charge is 2.24. The van der Waals surface area contributed by atoms with Gasteiger partial charge in [-0.3, -0.25) is 9.36 Å². The Hall–Kier alpha value is -2.89. The van der Waals surface area contributed by atoms with Crippen LogP contribution in [0.15, 0.2) is 41.7 Å². The van der Waals surface area contributed by atoms with Gasteiger partial charge in [0.2, 0.25) is 0 Å². The van der Waals surface area contributed by atoms with Crippen molar-refractivity contribution in [3.05, 3.63) is 53.0 Å². The molecular weight excluding hydrogens is 296 g/mol. The van der Waals surface area contributed by atoms with Gasteiger partial charge in [-0.15, -0.1) is 0 Å². The van der Waals surface area contributed by atoms with Gasteiger partial charge in [-0.25, -0.2) is 14.2 Å². The van der Waals surface area contributed by atoms with Gasteiger partial charge in [0.05, 0.1) is 23.2 Å². The van der Waals surface area contributed by atoms with Crippen LogP contribution in [0.3, 0.4) is 0 Å². The maximum Gasteiger partial charge on any atom is 0.340 e. The fourth-order valence-electron chi connectivity index (χ4n) is 2.37. The first kappa shape index (κ1) is 16.5. The molecule has 0 bridgehead atoms. The van der Waals surface area contributed by atoms with Crippen LogP contribution >= 0.6 is 0 Å². The van der Waals surface area contributed by atoms with Crippen molar-refractivity contribution in [3.8, 4) is 0 Å². The molecule has 1 aromatic heterocycles. The number of carbonyl (C=O) groups is 2. The normalized spacial score (nSPS) is 10.6. The van der Waals surface area contributed by atoms with Gasteiger partial charge in [-0.2, -0.15) is 0 Å². The number of aromatic nitrogens is 2. The molecule has 0 saturated heterocycles. The number of nitrogens with zero attached hydrogens (tertiary/aromatic N) is 2. The topological polar surface area (TPSA) is 70.3 Å². The number of ether oxygens (including phenoxy) is 1. The third-order valence-electron chi connectivity index (χ3n) is 3.31. The van der Waals surface area contributed by atoms with E-state index in [1.54, 1.807) is 26.0 Å². The number of rotatable bonds is 4. The summed E-state index contributed by atoms with van der Waals surface area (Å²) in [4.78, 5) is 37.3. The lowest BCUT2D eigenvalue weighted by atomic mass is 10.1. The van der Waals surface area contributed by atoms with Crippen molar-refractivity contribution in [1.82, 2.24) is 9.13 Å². The van der Waals surface area contributed by atoms with Crippen LogP contribution in [-0.2, 0) is 4.74 Å². The number of esters is 1. The maximum absolute atomic E-state index is 12.7. The molecular formula is C17H18N2O4. The largest absolute Gasteiger partial charge is 0.462 e. The van der Waals surface area contributed by atoms with Crippen LogP contribution in [0.5, 0.6) is 0 Å². The molecule has 0 aliphatic heterocycles. The molecule has 0 radical (unpaired) electrons. The van der Waals surface area contributed by atoms with E-state index in [1.807, 2.05) is 0 Å². The molecule has 1 aromatic carbocycles. The second-order valence-corrected chi connectivity index (χ2v) is 5.17. The monoisotopic (exact) mass is 314 g/mol. The molecule has 0 amide bonds. The van der Waals surface area contributed by atoms with Gasteiger partial charge in [-0.05, 0) is 32.9 Å². The highest BCUT2D eigenvalue weighted by atomic mass is 16.5. The Morgan fingerprint density at radius 1 is 1.17 bits per heavy atom. The van der Waals surface area contributed by atoms with Gasteiger partial charge < -0.3 is 4.74 Å². The van der Waals surface area contributed by atoms with Crippen LogP contribution in [-0.4, -0.2) is 27.6 Å². The number of hydrogen-bond acceptors (Lipinski definition) is 4. The van der Waals surface area contributed by atoms with Gasteiger partial charge in [0.15, 0.2) is 0 Å². The van der Waals surface area contributed by atoms with E-state index in [0.29, 0.717) is 11.2 Å². The minimum absolute atomic E-state index is 0.149. The maximum atomic E-state index is 12.7. The van der Waals surface area contributed by atoms with Crippen molar-refractivity contribution in [2.24, 2.45) is 0 Å². The molecule has 23 heavy (non-hydrogen) atoms. The van der Waals surface area contributed by atoms with Crippen LogP contribution in [0.1, 0.15) is 35.9 Å². The van der Waals surface area contributed by atoms with Crippen LogP contribution < -0.4 is 5.69 Å². The van der Waals surface area contributed by atoms with Crippen LogP contribution in [0.25, 0.3) is 16.7 Å². The Balaban J connectivity index is 2.98. The van der Waals surface area contributed by atoms with Crippen LogP contribution in [0.4, 0.5) is 0 Å². The molecule has 0 unspecified atom stereocenters. The minimum Gasteiger partial charge on any atom is -0.462 e. The van der Waals surface area contributed by atoms with E-state index >= 15 is 0 Å². The summed E-state index contributed by atoms with van der Waals surface area (Å²) < 4.78 is 7.25. The fourth-order valence-corrected chi connectivity index (χ4v) is 2.37. The molecule has 1 heterocycles. The lowest BCUT2D eigenvalue weighted by molar-refractivity contribution is 0.0528. The first-order valence-corrected chi connectivity index (χ1v) is 7.11. The average Bonchev–Trinajstić information content (AvgIpc) is 2.78. The molecule has 0 N–H and O–H groups in total. The first-order chi connectivity index (χ1) is 10.8. The van der Waals surface area contributed by atoms with E-state index in [1.165, 1.54) is 17.6 Å². The minimum atomic E-state index is -0.597. The number of allylic oxidation sites excluding steroid dienone is 2. The third kappa shape index (κ3) is 2.63. The van der Waals surface area contributed by atoms with Gasteiger partial charge in [0.25, 0.3) is 5.91 Å². The molecule has 0 atom stereocenters. The van der Waals surface area contributed by atoms with E-state index < -0.39 is 17.6 Å². The molecule has 6 heteroatoms. The standard InChI is InChI=1S/C17H18N2O4/c1-6-23-16(21)12-8-7-9-13-14(12)19(15(20)10(2)3)17(22)18(13)11(4)5/h7-9H,2,4,6H2,1,3,5H3. The van der Waals surface area contributed by atoms with E-state index in [2.05, 4.69) is 13.2 Å². The third-order valence-corrected chi connectivity index (χ3v) is 3.31. The van der Waals surface area contributed by atoms with Gasteiger partial charge >= 0.3 is 11.7 Å². The molecule has 0 saturated carbocycles. The summed E-state index contributed by atoms with van der Waals surface area (Å²) >= 11 is 0. The summed E-state index contributed by atoms with van der Waals surface area (Å²) in [6.45, 7) is 12.4. The zero-order valence-electron chi connectivity index (χ0n) is 13.4. The van der Waals surface area contributed by atoms with E-state index in [0.717, 1.165) is 4.57 Å². The predicted molar refractivity (Wildman–Crippen MR) is 88.6 cm³/mol. The highest BCUT2D eigenvalue weighted by molar-refractivity contribution is 6.08. The highest BCUT2D eigenvalue weighted by Crippen LogP contribution is 2.22. The molecule has 0 aliphatic rings. The summed E-state index contributed by atoms with van der Waals surface area (Å²) in [6.07, 6.45) is 0. The average molecular weight is 314 g/mol. The SMILES string of the molecule is C=C(C)C(=O)n1c(=O)n(C(=C)C)c2cccc(C(=O)OCC)c21. The van der Waals surface area contributed by atoms with Gasteiger partial charge in [0, 0.05) is 11.3 Å². The van der Waals surface area contributed by atoms with Crippen molar-refractivity contribution < 1.29 is 14.3 Å². The van der Waals surface area contributed by atoms with Crippen molar-refractivity contribution in [2.45, 2.75) is 20.8 Å². The molecule has 0 fully saturated rings. The Labute approximate surface area is 133 Å². The zero-order chi connectivity index (χ0) is 17.3.